The molecule has 0 unspecified atom stereocenters. The number of aliphatic hydroxyl groups is 1. The SMILES string of the molecule is CCc1cccc(CNC[C@H](O)[C@H](Cc2cc(F)cc(F)c2)NC(=O)Cc2c(C)cc(C)cc2C)c1. The minimum atomic E-state index is -0.963. The van der Waals surface area contributed by atoms with Crippen LogP contribution in [-0.2, 0) is 30.6 Å². The molecule has 4 nitrogen and oxygen atoms in total. The summed E-state index contributed by atoms with van der Waals surface area (Å²) in [4.78, 5) is 13.0. The number of rotatable bonds is 11. The van der Waals surface area contributed by atoms with Crippen LogP contribution in [-0.4, -0.2) is 29.7 Å². The largest absolute Gasteiger partial charge is 0.390 e. The minimum Gasteiger partial charge on any atom is -0.390 e. The number of hydrogen-bond acceptors (Lipinski definition) is 3. The van der Waals surface area contributed by atoms with E-state index in [1.54, 1.807) is 0 Å². The normalized spacial score (nSPS) is 12.9. The number of aliphatic hydroxyl groups excluding tert-OH is 1. The Morgan fingerprint density at radius 3 is 2.19 bits per heavy atom. The molecule has 0 saturated heterocycles. The third kappa shape index (κ3) is 7.97. The van der Waals surface area contributed by atoms with E-state index in [0.717, 1.165) is 40.3 Å². The van der Waals surface area contributed by atoms with Crippen LogP contribution in [0, 0.1) is 32.4 Å². The molecule has 0 spiro atoms. The summed E-state index contributed by atoms with van der Waals surface area (Å²) in [5.74, 6) is -1.63. The van der Waals surface area contributed by atoms with Gasteiger partial charge in [0, 0.05) is 19.2 Å². The van der Waals surface area contributed by atoms with Gasteiger partial charge in [-0.25, -0.2) is 8.78 Å². The van der Waals surface area contributed by atoms with E-state index in [0.29, 0.717) is 12.1 Å². The molecule has 36 heavy (non-hydrogen) atoms. The molecule has 0 fully saturated rings. The van der Waals surface area contributed by atoms with Gasteiger partial charge in [0.2, 0.25) is 5.91 Å². The number of hydrogen-bond donors (Lipinski definition) is 3. The molecule has 3 aromatic carbocycles. The van der Waals surface area contributed by atoms with Crippen molar-refractivity contribution >= 4 is 5.91 Å². The van der Waals surface area contributed by atoms with Gasteiger partial charge in [0.1, 0.15) is 11.6 Å². The lowest BCUT2D eigenvalue weighted by Gasteiger charge is -2.25. The number of halogens is 2. The Kier molecular flexibility index (Phi) is 9.73. The van der Waals surface area contributed by atoms with Crippen LogP contribution in [0.1, 0.15) is 45.9 Å². The van der Waals surface area contributed by atoms with E-state index in [1.807, 2.05) is 45.0 Å². The molecule has 0 aliphatic carbocycles. The van der Waals surface area contributed by atoms with E-state index in [-0.39, 0.29) is 25.3 Å². The molecule has 192 valence electrons. The predicted octanol–water partition coefficient (Wildman–Crippen LogP) is 4.87. The van der Waals surface area contributed by atoms with E-state index in [1.165, 1.54) is 17.7 Å². The molecule has 0 aliphatic heterocycles. The van der Waals surface area contributed by atoms with Crippen molar-refractivity contribution in [3.05, 3.63) is 105 Å². The molecule has 3 aromatic rings. The Labute approximate surface area is 212 Å². The maximum Gasteiger partial charge on any atom is 0.224 e. The van der Waals surface area contributed by atoms with Gasteiger partial charge in [-0.15, -0.1) is 0 Å². The third-order valence-corrected chi connectivity index (χ3v) is 6.45. The van der Waals surface area contributed by atoms with Crippen molar-refractivity contribution in [2.24, 2.45) is 0 Å². The average molecular weight is 495 g/mol. The molecule has 0 aromatic heterocycles. The lowest BCUT2D eigenvalue weighted by molar-refractivity contribution is -0.122. The van der Waals surface area contributed by atoms with Crippen LogP contribution < -0.4 is 10.6 Å². The fourth-order valence-corrected chi connectivity index (χ4v) is 4.64. The summed E-state index contributed by atoms with van der Waals surface area (Å²) in [6, 6.07) is 14.8. The van der Waals surface area contributed by atoms with Crippen molar-refractivity contribution in [1.29, 1.82) is 0 Å². The molecule has 0 heterocycles. The standard InChI is InChI=1S/C30H36F2N2O2/c1-5-22-7-6-8-23(11-22)17-33-18-29(35)28(14-24-12-25(31)15-26(32)13-24)34-30(36)16-27-20(3)9-19(2)10-21(27)4/h6-13,15,28-29,33,35H,5,14,16-18H2,1-4H3,(H,34,36)/t28-,29-/m0/s1. The van der Waals surface area contributed by atoms with Crippen molar-refractivity contribution in [1.82, 2.24) is 10.6 Å². The lowest BCUT2D eigenvalue weighted by atomic mass is 9.96. The van der Waals surface area contributed by atoms with Gasteiger partial charge in [-0.3, -0.25) is 4.79 Å². The second kappa shape index (κ2) is 12.7. The summed E-state index contributed by atoms with van der Waals surface area (Å²) in [5, 5.41) is 17.1. The Balaban J connectivity index is 1.71. The van der Waals surface area contributed by atoms with E-state index >= 15 is 0 Å². The molecule has 6 heteroatoms. The molecule has 3 N–H and O–H groups in total. The Morgan fingerprint density at radius 2 is 1.56 bits per heavy atom. The first-order valence-corrected chi connectivity index (χ1v) is 12.4. The highest BCUT2D eigenvalue weighted by Crippen LogP contribution is 2.18. The summed E-state index contributed by atoms with van der Waals surface area (Å²) >= 11 is 0. The van der Waals surface area contributed by atoms with Crippen LogP contribution in [0.2, 0.25) is 0 Å². The van der Waals surface area contributed by atoms with Gasteiger partial charge in [0.05, 0.1) is 18.6 Å². The first-order valence-electron chi connectivity index (χ1n) is 12.4. The molecule has 0 aliphatic rings. The van der Waals surface area contributed by atoms with Crippen LogP contribution in [0.5, 0.6) is 0 Å². The average Bonchev–Trinajstić information content (AvgIpc) is 2.80. The molecule has 1 amide bonds. The third-order valence-electron chi connectivity index (χ3n) is 6.45. The fraction of sp³-hybridized carbons (Fsp3) is 0.367. The summed E-state index contributed by atoms with van der Waals surface area (Å²) in [6.07, 6.45) is 0.236. The smallest absolute Gasteiger partial charge is 0.224 e. The van der Waals surface area contributed by atoms with Crippen LogP contribution in [0.15, 0.2) is 54.6 Å². The molecule has 3 rings (SSSR count). The predicted molar refractivity (Wildman–Crippen MR) is 140 cm³/mol. The van der Waals surface area contributed by atoms with Gasteiger partial charge < -0.3 is 15.7 Å². The number of carbonyl (C=O) groups excluding carboxylic acids is 1. The topological polar surface area (TPSA) is 61.4 Å². The van der Waals surface area contributed by atoms with Crippen LogP contribution in [0.4, 0.5) is 8.78 Å². The quantitative estimate of drug-likeness (QED) is 0.356. The van der Waals surface area contributed by atoms with Gasteiger partial charge in [-0.05, 0) is 79.1 Å². The molecule has 2 atom stereocenters. The van der Waals surface area contributed by atoms with E-state index < -0.39 is 23.8 Å². The maximum absolute atomic E-state index is 13.8. The van der Waals surface area contributed by atoms with Gasteiger partial charge in [-0.1, -0.05) is 48.9 Å². The molecule has 0 radical (unpaired) electrons. The maximum atomic E-state index is 13.8. The number of carbonyl (C=O) groups is 1. The molecular formula is C30H36F2N2O2. The van der Waals surface area contributed by atoms with Crippen molar-refractivity contribution < 1.29 is 18.7 Å². The fourth-order valence-electron chi connectivity index (χ4n) is 4.64. The van der Waals surface area contributed by atoms with Crippen molar-refractivity contribution in [2.45, 2.75) is 65.6 Å². The molecular weight excluding hydrogens is 458 g/mol. The number of aryl methyl sites for hydroxylation is 4. The van der Waals surface area contributed by atoms with Gasteiger partial charge in [-0.2, -0.15) is 0 Å². The number of nitrogens with one attached hydrogen (secondary N) is 2. The highest BCUT2D eigenvalue weighted by molar-refractivity contribution is 5.79. The summed E-state index contributed by atoms with van der Waals surface area (Å²) in [6.45, 7) is 8.83. The minimum absolute atomic E-state index is 0.0977. The summed E-state index contributed by atoms with van der Waals surface area (Å²) in [7, 11) is 0. The van der Waals surface area contributed by atoms with E-state index in [2.05, 4.69) is 29.7 Å². The molecule has 0 saturated carbocycles. The van der Waals surface area contributed by atoms with Crippen molar-refractivity contribution in [2.75, 3.05) is 6.54 Å². The van der Waals surface area contributed by atoms with Gasteiger partial charge in [0.15, 0.2) is 0 Å². The summed E-state index contributed by atoms with van der Waals surface area (Å²) in [5.41, 5.74) is 6.83. The Bertz CT molecular complexity index is 1150. The zero-order chi connectivity index (χ0) is 26.2. The molecule has 0 bridgehead atoms. The number of benzene rings is 3. The highest BCUT2D eigenvalue weighted by Gasteiger charge is 2.23. The van der Waals surface area contributed by atoms with E-state index in [9.17, 15) is 18.7 Å². The first kappa shape index (κ1) is 27.5. The van der Waals surface area contributed by atoms with E-state index in [4.69, 9.17) is 0 Å². The second-order valence-electron chi connectivity index (χ2n) is 9.58. The Morgan fingerprint density at radius 1 is 0.917 bits per heavy atom. The van der Waals surface area contributed by atoms with Gasteiger partial charge >= 0.3 is 0 Å². The van der Waals surface area contributed by atoms with Crippen LogP contribution in [0.3, 0.4) is 0 Å². The zero-order valence-corrected chi connectivity index (χ0v) is 21.5. The Hall–Kier alpha value is -3.09. The summed E-state index contributed by atoms with van der Waals surface area (Å²) < 4.78 is 27.6. The second-order valence-corrected chi connectivity index (χ2v) is 9.58. The van der Waals surface area contributed by atoms with Gasteiger partial charge in [0.25, 0.3) is 0 Å². The van der Waals surface area contributed by atoms with Crippen LogP contribution >= 0.6 is 0 Å². The lowest BCUT2D eigenvalue weighted by Crippen LogP contribution is -2.49. The van der Waals surface area contributed by atoms with Crippen molar-refractivity contribution in [3.8, 4) is 0 Å². The zero-order valence-electron chi connectivity index (χ0n) is 21.5. The number of amides is 1. The van der Waals surface area contributed by atoms with Crippen LogP contribution in [0.25, 0.3) is 0 Å². The monoisotopic (exact) mass is 494 g/mol. The highest BCUT2D eigenvalue weighted by atomic mass is 19.1. The van der Waals surface area contributed by atoms with Crippen molar-refractivity contribution in [3.63, 3.8) is 0 Å². The first-order chi connectivity index (χ1) is 17.1.